The normalized spacial score (nSPS) is 13.1. The number of hydrazine groups is 1. The van der Waals surface area contributed by atoms with Gasteiger partial charge in [0, 0.05) is 0 Å². The van der Waals surface area contributed by atoms with Crippen molar-refractivity contribution in [1.82, 2.24) is 5.43 Å². The van der Waals surface area contributed by atoms with E-state index in [1.165, 1.54) is 0 Å². The van der Waals surface area contributed by atoms with Gasteiger partial charge in [0.2, 0.25) is 0 Å². The Morgan fingerprint density at radius 1 is 1.24 bits per heavy atom. The third-order valence-electron chi connectivity index (χ3n) is 2.37. The van der Waals surface area contributed by atoms with Crippen molar-refractivity contribution >= 4 is 5.69 Å². The lowest BCUT2D eigenvalue weighted by molar-refractivity contribution is 0.818. The number of rotatable bonds is 2. The lowest BCUT2D eigenvalue weighted by atomic mass is 10.2. The Kier molecular flexibility index (Phi) is 3.09. The lowest BCUT2D eigenvalue weighted by Gasteiger charge is -2.19. The minimum absolute atomic E-state index is 0.0960. The molecule has 17 heavy (non-hydrogen) atoms. The number of nitriles is 2. The summed E-state index contributed by atoms with van der Waals surface area (Å²) in [5, 5.41) is 19.3. The van der Waals surface area contributed by atoms with Crippen molar-refractivity contribution < 1.29 is 0 Å². The zero-order valence-electron chi connectivity index (χ0n) is 9.09. The first kappa shape index (κ1) is 10.8. The predicted molar refractivity (Wildman–Crippen MR) is 64.3 cm³/mol. The van der Waals surface area contributed by atoms with Gasteiger partial charge in [0.15, 0.2) is 0 Å². The molecule has 2 rings (SSSR count). The Balaban J connectivity index is 2.08. The van der Waals surface area contributed by atoms with E-state index in [4.69, 9.17) is 10.5 Å². The van der Waals surface area contributed by atoms with Crippen LogP contribution in [0.4, 0.5) is 5.69 Å². The highest BCUT2D eigenvalue weighted by atomic mass is 15.5. The van der Waals surface area contributed by atoms with Crippen molar-refractivity contribution in [3.05, 3.63) is 53.8 Å². The van der Waals surface area contributed by atoms with Crippen molar-refractivity contribution in [3.63, 3.8) is 0 Å². The van der Waals surface area contributed by atoms with E-state index in [2.05, 4.69) is 5.43 Å². The van der Waals surface area contributed by atoms with Crippen LogP contribution in [-0.4, -0.2) is 6.54 Å². The minimum atomic E-state index is 0.0960. The fraction of sp³-hybridized carbons (Fsp3) is 0.0769. The zero-order chi connectivity index (χ0) is 12.1. The molecule has 0 saturated carbocycles. The summed E-state index contributed by atoms with van der Waals surface area (Å²) in [6.07, 6.45) is 3.48. The number of anilines is 1. The molecule has 1 heterocycles. The van der Waals surface area contributed by atoms with Gasteiger partial charge in [-0.3, -0.25) is 10.4 Å². The maximum absolute atomic E-state index is 8.66. The van der Waals surface area contributed by atoms with Crippen molar-refractivity contribution in [2.24, 2.45) is 0 Å². The summed E-state index contributed by atoms with van der Waals surface area (Å²) < 4.78 is 0. The van der Waals surface area contributed by atoms with E-state index < -0.39 is 0 Å². The second-order valence-electron chi connectivity index (χ2n) is 3.50. The molecule has 0 aromatic heterocycles. The van der Waals surface area contributed by atoms with Gasteiger partial charge in [-0.15, -0.1) is 0 Å². The molecule has 0 fully saturated rings. The molecule has 0 bridgehead atoms. The zero-order valence-corrected chi connectivity index (χ0v) is 9.09. The Hall–Kier alpha value is -2.72. The molecule has 82 valence electrons. The average molecular weight is 222 g/mol. The number of nitrogens with zero attached hydrogens (tertiary/aromatic N) is 3. The Morgan fingerprint density at radius 2 is 1.94 bits per heavy atom. The fourth-order valence-corrected chi connectivity index (χ4v) is 1.55. The summed E-state index contributed by atoms with van der Waals surface area (Å²) in [5.74, 6) is 0. The standard InChI is InChI=1S/C13H10N4/c14-9-11(10-15)8-12-6-7-17(16-12)13-4-2-1-3-5-13/h1-6,8,16H,7H2. The largest absolute Gasteiger partial charge is 0.298 e. The van der Waals surface area contributed by atoms with Crippen molar-refractivity contribution in [3.8, 4) is 12.1 Å². The van der Waals surface area contributed by atoms with Gasteiger partial charge in [-0.1, -0.05) is 18.2 Å². The predicted octanol–water partition coefficient (Wildman–Crippen LogP) is 1.87. The fourth-order valence-electron chi connectivity index (χ4n) is 1.55. The van der Waals surface area contributed by atoms with E-state index in [0.29, 0.717) is 6.54 Å². The highest BCUT2D eigenvalue weighted by Crippen LogP contribution is 2.16. The van der Waals surface area contributed by atoms with E-state index in [1.807, 2.05) is 53.6 Å². The summed E-state index contributed by atoms with van der Waals surface area (Å²) in [7, 11) is 0. The average Bonchev–Trinajstić information content (AvgIpc) is 2.85. The Morgan fingerprint density at radius 3 is 2.59 bits per heavy atom. The Bertz CT molecular complexity index is 527. The van der Waals surface area contributed by atoms with Gasteiger partial charge >= 0.3 is 0 Å². The molecule has 0 spiro atoms. The first-order chi connectivity index (χ1) is 8.33. The van der Waals surface area contributed by atoms with E-state index in [0.717, 1.165) is 11.4 Å². The van der Waals surface area contributed by atoms with Gasteiger partial charge in [0.25, 0.3) is 0 Å². The molecule has 0 saturated heterocycles. The molecule has 4 nitrogen and oxygen atoms in total. The monoisotopic (exact) mass is 222 g/mol. The summed E-state index contributed by atoms with van der Waals surface area (Å²) in [5.41, 5.74) is 5.03. The topological polar surface area (TPSA) is 62.9 Å². The molecule has 1 aromatic rings. The van der Waals surface area contributed by atoms with Crippen LogP contribution in [0.25, 0.3) is 0 Å². The molecular weight excluding hydrogens is 212 g/mol. The molecule has 1 N–H and O–H groups in total. The van der Waals surface area contributed by atoms with Gasteiger partial charge in [0.1, 0.15) is 17.7 Å². The van der Waals surface area contributed by atoms with Gasteiger partial charge in [-0.25, -0.2) is 0 Å². The summed E-state index contributed by atoms with van der Waals surface area (Å²) in [6.45, 7) is 0.708. The minimum Gasteiger partial charge on any atom is -0.298 e. The van der Waals surface area contributed by atoms with E-state index >= 15 is 0 Å². The molecule has 1 aromatic carbocycles. The van der Waals surface area contributed by atoms with E-state index in [9.17, 15) is 0 Å². The van der Waals surface area contributed by atoms with Gasteiger partial charge in [-0.05, 0) is 24.3 Å². The van der Waals surface area contributed by atoms with Gasteiger partial charge in [0.05, 0.1) is 17.9 Å². The molecule has 1 aliphatic heterocycles. The number of benzene rings is 1. The van der Waals surface area contributed by atoms with Crippen LogP contribution in [0.2, 0.25) is 0 Å². The highest BCUT2D eigenvalue weighted by Gasteiger charge is 2.12. The first-order valence-corrected chi connectivity index (χ1v) is 5.15. The SMILES string of the molecule is N#CC(C#N)=CC1=CCN(c2ccccc2)N1. The molecule has 0 unspecified atom stereocenters. The molecular formula is C13H10N4. The third-order valence-corrected chi connectivity index (χ3v) is 2.37. The number of allylic oxidation sites excluding steroid dienone is 2. The summed E-state index contributed by atoms with van der Waals surface area (Å²) in [4.78, 5) is 0. The molecule has 1 aliphatic rings. The highest BCUT2D eigenvalue weighted by molar-refractivity contribution is 5.50. The quantitative estimate of drug-likeness (QED) is 0.776. The van der Waals surface area contributed by atoms with Crippen molar-refractivity contribution in [1.29, 1.82) is 10.5 Å². The second-order valence-corrected chi connectivity index (χ2v) is 3.50. The summed E-state index contributed by atoms with van der Waals surface area (Å²) in [6, 6.07) is 13.5. The second kappa shape index (κ2) is 4.87. The van der Waals surface area contributed by atoms with Crippen LogP contribution < -0.4 is 10.4 Å². The number of nitrogens with one attached hydrogen (secondary N) is 1. The van der Waals surface area contributed by atoms with Crippen LogP contribution in [0.15, 0.2) is 53.8 Å². The van der Waals surface area contributed by atoms with Crippen LogP contribution in [-0.2, 0) is 0 Å². The maximum atomic E-state index is 8.66. The summed E-state index contributed by atoms with van der Waals surface area (Å²) >= 11 is 0. The van der Waals surface area contributed by atoms with Crippen molar-refractivity contribution in [2.75, 3.05) is 11.6 Å². The van der Waals surface area contributed by atoms with Gasteiger partial charge in [-0.2, -0.15) is 10.5 Å². The Labute approximate surface area is 99.7 Å². The number of hydrogen-bond donors (Lipinski definition) is 1. The molecule has 4 heteroatoms. The smallest absolute Gasteiger partial charge is 0.131 e. The van der Waals surface area contributed by atoms with Gasteiger partial charge < -0.3 is 0 Å². The van der Waals surface area contributed by atoms with Crippen LogP contribution >= 0.6 is 0 Å². The maximum Gasteiger partial charge on any atom is 0.131 e. The van der Waals surface area contributed by atoms with Crippen LogP contribution in [0.5, 0.6) is 0 Å². The molecule has 0 amide bonds. The molecule has 0 aliphatic carbocycles. The molecule has 0 atom stereocenters. The first-order valence-electron chi connectivity index (χ1n) is 5.15. The van der Waals surface area contributed by atoms with Crippen LogP contribution in [0.1, 0.15) is 0 Å². The number of hydrogen-bond acceptors (Lipinski definition) is 4. The van der Waals surface area contributed by atoms with Crippen LogP contribution in [0, 0.1) is 22.7 Å². The van der Waals surface area contributed by atoms with E-state index in [1.54, 1.807) is 6.08 Å². The van der Waals surface area contributed by atoms with Crippen LogP contribution in [0.3, 0.4) is 0 Å². The third kappa shape index (κ3) is 2.45. The lowest BCUT2D eigenvalue weighted by Crippen LogP contribution is -2.31. The molecule has 0 radical (unpaired) electrons. The van der Waals surface area contributed by atoms with Crippen molar-refractivity contribution in [2.45, 2.75) is 0 Å². The van der Waals surface area contributed by atoms with E-state index in [-0.39, 0.29) is 5.57 Å². The number of para-hydroxylation sites is 1.